The molecular weight excluding hydrogens is 248 g/mol. The number of nitrogens with one attached hydrogen (secondary N) is 2. The highest BCUT2D eigenvalue weighted by atomic mass is 16.2. The fourth-order valence-corrected chi connectivity index (χ4v) is 2.33. The summed E-state index contributed by atoms with van der Waals surface area (Å²) in [7, 11) is 0. The molecule has 0 aliphatic rings. The van der Waals surface area contributed by atoms with E-state index in [-0.39, 0.29) is 11.4 Å². The summed E-state index contributed by atoms with van der Waals surface area (Å²) in [6.07, 6.45) is 10.0. The Morgan fingerprint density at radius 1 is 0.950 bits per heavy atom. The number of hydrogen-bond donors (Lipinski definition) is 2. The first-order valence-electron chi connectivity index (χ1n) is 8.43. The second kappa shape index (κ2) is 11.1. The molecule has 3 heteroatoms. The molecule has 0 unspecified atom stereocenters. The quantitative estimate of drug-likeness (QED) is 0.563. The Hall–Kier alpha value is -0.570. The standard InChI is InChI=1S/C17H36N2O/c1-6-8-10-12-15(13-11-9-7-2)18-14-16(20)19-17(3,4)5/h15,18H,6-14H2,1-5H3,(H,19,20). The molecule has 20 heavy (non-hydrogen) atoms. The predicted octanol–water partition coefficient (Wildman–Crippen LogP) is 4.02. The summed E-state index contributed by atoms with van der Waals surface area (Å²) in [6, 6.07) is 0.499. The maximum Gasteiger partial charge on any atom is 0.234 e. The highest BCUT2D eigenvalue weighted by Crippen LogP contribution is 2.11. The summed E-state index contributed by atoms with van der Waals surface area (Å²) in [5.74, 6) is 0.105. The lowest BCUT2D eigenvalue weighted by molar-refractivity contribution is -0.121. The van der Waals surface area contributed by atoms with Gasteiger partial charge in [0.05, 0.1) is 6.54 Å². The highest BCUT2D eigenvalue weighted by molar-refractivity contribution is 5.78. The number of hydrogen-bond acceptors (Lipinski definition) is 2. The van der Waals surface area contributed by atoms with Gasteiger partial charge in [0, 0.05) is 11.6 Å². The van der Waals surface area contributed by atoms with Gasteiger partial charge in [0.1, 0.15) is 0 Å². The van der Waals surface area contributed by atoms with E-state index in [4.69, 9.17) is 0 Å². The largest absolute Gasteiger partial charge is 0.350 e. The van der Waals surface area contributed by atoms with Gasteiger partial charge in [0.2, 0.25) is 5.91 Å². The molecule has 0 aromatic carbocycles. The van der Waals surface area contributed by atoms with Crippen molar-refractivity contribution < 1.29 is 4.79 Å². The molecular formula is C17H36N2O. The van der Waals surface area contributed by atoms with Gasteiger partial charge >= 0.3 is 0 Å². The second-order valence-corrected chi connectivity index (χ2v) is 6.87. The lowest BCUT2D eigenvalue weighted by Crippen LogP contribution is -2.46. The second-order valence-electron chi connectivity index (χ2n) is 6.87. The van der Waals surface area contributed by atoms with E-state index < -0.39 is 0 Å². The Balaban J connectivity index is 4.02. The normalized spacial score (nSPS) is 11.9. The molecule has 0 aromatic heterocycles. The van der Waals surface area contributed by atoms with Crippen molar-refractivity contribution in [2.45, 2.75) is 97.6 Å². The third kappa shape index (κ3) is 12.5. The van der Waals surface area contributed by atoms with E-state index in [1.807, 2.05) is 20.8 Å². The molecule has 1 amide bonds. The molecule has 0 saturated carbocycles. The first-order chi connectivity index (χ1) is 9.39. The molecule has 0 aliphatic heterocycles. The Morgan fingerprint density at radius 3 is 1.85 bits per heavy atom. The van der Waals surface area contributed by atoms with Crippen molar-refractivity contribution in [1.29, 1.82) is 0 Å². The van der Waals surface area contributed by atoms with Gasteiger partial charge in [-0.2, -0.15) is 0 Å². The van der Waals surface area contributed by atoms with Gasteiger partial charge in [-0.25, -0.2) is 0 Å². The van der Waals surface area contributed by atoms with Gasteiger partial charge in [0.25, 0.3) is 0 Å². The minimum atomic E-state index is -0.140. The van der Waals surface area contributed by atoms with Gasteiger partial charge in [-0.3, -0.25) is 4.79 Å². The Bertz CT molecular complexity index is 236. The van der Waals surface area contributed by atoms with Gasteiger partial charge in [-0.15, -0.1) is 0 Å². The number of unbranched alkanes of at least 4 members (excludes halogenated alkanes) is 4. The third-order valence-corrected chi connectivity index (χ3v) is 3.38. The summed E-state index contributed by atoms with van der Waals surface area (Å²) in [5.41, 5.74) is -0.140. The molecule has 3 nitrogen and oxygen atoms in total. The van der Waals surface area contributed by atoms with Crippen LogP contribution in [0.2, 0.25) is 0 Å². The van der Waals surface area contributed by atoms with Crippen molar-refractivity contribution in [2.75, 3.05) is 6.54 Å². The molecule has 2 N–H and O–H groups in total. The minimum absolute atomic E-state index is 0.105. The van der Waals surface area contributed by atoms with E-state index in [9.17, 15) is 4.79 Å². The van der Waals surface area contributed by atoms with Crippen LogP contribution in [0.25, 0.3) is 0 Å². The Labute approximate surface area is 126 Å². The maximum atomic E-state index is 11.8. The first kappa shape index (κ1) is 19.4. The molecule has 0 aliphatic carbocycles. The van der Waals surface area contributed by atoms with Crippen molar-refractivity contribution in [3.8, 4) is 0 Å². The zero-order valence-electron chi connectivity index (χ0n) is 14.3. The van der Waals surface area contributed by atoms with Crippen LogP contribution in [0.3, 0.4) is 0 Å². The molecule has 0 atom stereocenters. The first-order valence-corrected chi connectivity index (χ1v) is 8.43. The molecule has 0 heterocycles. The molecule has 0 saturated heterocycles. The van der Waals surface area contributed by atoms with E-state index >= 15 is 0 Å². The van der Waals surface area contributed by atoms with Crippen LogP contribution in [-0.2, 0) is 4.79 Å². The van der Waals surface area contributed by atoms with E-state index in [0.717, 1.165) is 0 Å². The number of carbonyl (C=O) groups excluding carboxylic acids is 1. The smallest absolute Gasteiger partial charge is 0.234 e. The summed E-state index contributed by atoms with van der Waals surface area (Å²) in [5, 5.41) is 6.46. The summed E-state index contributed by atoms with van der Waals surface area (Å²) in [4.78, 5) is 11.8. The van der Waals surface area contributed by atoms with Crippen LogP contribution >= 0.6 is 0 Å². The van der Waals surface area contributed by atoms with Crippen LogP contribution in [0.5, 0.6) is 0 Å². The summed E-state index contributed by atoms with van der Waals surface area (Å²) >= 11 is 0. The molecule has 0 radical (unpaired) electrons. The number of carbonyl (C=O) groups is 1. The SMILES string of the molecule is CCCCCC(CCCCC)NCC(=O)NC(C)(C)C. The van der Waals surface area contributed by atoms with Crippen molar-refractivity contribution in [3.63, 3.8) is 0 Å². The fourth-order valence-electron chi connectivity index (χ4n) is 2.33. The van der Waals surface area contributed by atoms with Crippen LogP contribution in [0.1, 0.15) is 86.0 Å². The minimum Gasteiger partial charge on any atom is -0.350 e. The highest BCUT2D eigenvalue weighted by Gasteiger charge is 2.15. The van der Waals surface area contributed by atoms with Gasteiger partial charge in [-0.05, 0) is 33.6 Å². The predicted molar refractivity (Wildman–Crippen MR) is 88.0 cm³/mol. The molecule has 0 aromatic rings. The van der Waals surface area contributed by atoms with Crippen LogP contribution in [0.15, 0.2) is 0 Å². The molecule has 0 spiro atoms. The van der Waals surface area contributed by atoms with Crippen LogP contribution in [0, 0.1) is 0 Å². The monoisotopic (exact) mass is 284 g/mol. The average molecular weight is 284 g/mol. The van der Waals surface area contributed by atoms with Crippen molar-refractivity contribution in [1.82, 2.24) is 10.6 Å². The van der Waals surface area contributed by atoms with E-state index in [1.165, 1.54) is 51.4 Å². The molecule has 0 rings (SSSR count). The zero-order chi connectivity index (χ0) is 15.4. The zero-order valence-corrected chi connectivity index (χ0v) is 14.3. The van der Waals surface area contributed by atoms with E-state index in [1.54, 1.807) is 0 Å². The van der Waals surface area contributed by atoms with Gasteiger partial charge in [-0.1, -0.05) is 52.4 Å². The summed E-state index contributed by atoms with van der Waals surface area (Å²) in [6.45, 7) is 11.0. The van der Waals surface area contributed by atoms with Crippen LogP contribution in [0.4, 0.5) is 0 Å². The topological polar surface area (TPSA) is 41.1 Å². The Morgan fingerprint density at radius 2 is 1.45 bits per heavy atom. The number of amides is 1. The van der Waals surface area contributed by atoms with Crippen molar-refractivity contribution >= 4 is 5.91 Å². The lowest BCUT2D eigenvalue weighted by Gasteiger charge is -2.23. The van der Waals surface area contributed by atoms with Gasteiger partial charge in [0.15, 0.2) is 0 Å². The number of rotatable bonds is 11. The Kier molecular flexibility index (Phi) is 10.8. The van der Waals surface area contributed by atoms with Crippen LogP contribution < -0.4 is 10.6 Å². The molecule has 0 bridgehead atoms. The molecule has 120 valence electrons. The van der Waals surface area contributed by atoms with Crippen molar-refractivity contribution in [3.05, 3.63) is 0 Å². The molecule has 0 fully saturated rings. The third-order valence-electron chi connectivity index (χ3n) is 3.38. The maximum absolute atomic E-state index is 11.8. The van der Waals surface area contributed by atoms with Crippen molar-refractivity contribution in [2.24, 2.45) is 0 Å². The lowest BCUT2D eigenvalue weighted by atomic mass is 10.0. The van der Waals surface area contributed by atoms with Crippen LogP contribution in [-0.4, -0.2) is 24.0 Å². The fraction of sp³-hybridized carbons (Fsp3) is 0.941. The van der Waals surface area contributed by atoms with E-state index in [0.29, 0.717) is 12.6 Å². The summed E-state index contributed by atoms with van der Waals surface area (Å²) < 4.78 is 0. The van der Waals surface area contributed by atoms with E-state index in [2.05, 4.69) is 24.5 Å². The van der Waals surface area contributed by atoms with Gasteiger partial charge < -0.3 is 10.6 Å². The average Bonchev–Trinajstić information content (AvgIpc) is 2.33.